The summed E-state index contributed by atoms with van der Waals surface area (Å²) < 4.78 is 2.95. The number of hydrogen-bond acceptors (Lipinski definition) is 2. The maximum atomic E-state index is 13.9. The third-order valence-electron chi connectivity index (χ3n) is 5.68. The molecule has 0 amide bonds. The highest BCUT2D eigenvalue weighted by molar-refractivity contribution is 9.08. The van der Waals surface area contributed by atoms with Gasteiger partial charge in [0.25, 0.3) is 5.56 Å². The summed E-state index contributed by atoms with van der Waals surface area (Å²) in [5.41, 5.74) is 3.59. The van der Waals surface area contributed by atoms with Gasteiger partial charge in [0.15, 0.2) is 0 Å². The Bertz CT molecular complexity index is 1280. The van der Waals surface area contributed by atoms with Crippen molar-refractivity contribution in [1.29, 1.82) is 0 Å². The molecule has 0 radical (unpaired) electrons. The van der Waals surface area contributed by atoms with E-state index in [1.807, 2.05) is 70.7 Å². The Hall–Kier alpha value is -2.95. The first-order valence-electron chi connectivity index (χ1n) is 10.1. The second-order valence-corrected chi connectivity index (χ2v) is 9.01. The number of benzene rings is 4. The van der Waals surface area contributed by atoms with Gasteiger partial charge in [0.2, 0.25) is 0 Å². The first kappa shape index (κ1) is 20.0. The quantitative estimate of drug-likeness (QED) is 0.198. The van der Waals surface area contributed by atoms with Crippen LogP contribution in [0.4, 0.5) is 0 Å². The van der Waals surface area contributed by atoms with E-state index in [-0.39, 0.29) is 5.56 Å². The van der Waals surface area contributed by atoms with Crippen molar-refractivity contribution in [2.45, 2.75) is 10.9 Å². The molecule has 1 aromatic heterocycles. The van der Waals surface area contributed by atoms with Gasteiger partial charge in [-0.25, -0.2) is 3.96 Å². The van der Waals surface area contributed by atoms with Crippen LogP contribution < -0.4 is 5.56 Å². The third-order valence-corrected chi connectivity index (χ3v) is 7.49. The molecule has 0 N–H and O–H groups in total. The smallest absolute Gasteiger partial charge is 0.268 e. The van der Waals surface area contributed by atoms with Gasteiger partial charge >= 0.3 is 0 Å². The molecule has 0 fully saturated rings. The summed E-state index contributed by atoms with van der Waals surface area (Å²) in [6, 6.07) is 37.0. The van der Waals surface area contributed by atoms with Crippen molar-refractivity contribution in [3.63, 3.8) is 0 Å². The van der Waals surface area contributed by atoms with Gasteiger partial charge in [-0.2, -0.15) is 0 Å². The molecule has 0 saturated carbocycles. The highest BCUT2D eigenvalue weighted by Crippen LogP contribution is 2.42. The first-order valence-corrected chi connectivity index (χ1v) is 12.0. The van der Waals surface area contributed by atoms with Crippen LogP contribution in [0, 0.1) is 0 Å². The summed E-state index contributed by atoms with van der Waals surface area (Å²) in [6.07, 6.45) is 0. The molecule has 5 rings (SSSR count). The van der Waals surface area contributed by atoms with Crippen LogP contribution in [0.2, 0.25) is 0 Å². The number of rotatable bonds is 5. The predicted molar refractivity (Wildman–Crippen MR) is 133 cm³/mol. The highest BCUT2D eigenvalue weighted by atomic mass is 79.9. The molecule has 0 aliphatic heterocycles. The van der Waals surface area contributed by atoms with E-state index in [2.05, 4.69) is 58.4 Å². The van der Waals surface area contributed by atoms with Crippen LogP contribution in [0.5, 0.6) is 0 Å². The van der Waals surface area contributed by atoms with Crippen molar-refractivity contribution in [2.24, 2.45) is 0 Å². The average Bonchev–Trinajstić information content (AvgIpc) is 3.17. The van der Waals surface area contributed by atoms with Gasteiger partial charge in [0.05, 0.1) is 10.1 Å². The van der Waals surface area contributed by atoms with Crippen LogP contribution in [-0.2, 0) is 10.9 Å². The second kappa shape index (κ2) is 8.29. The van der Waals surface area contributed by atoms with E-state index in [0.717, 1.165) is 37.7 Å². The van der Waals surface area contributed by atoms with E-state index in [0.29, 0.717) is 0 Å². The summed E-state index contributed by atoms with van der Waals surface area (Å²) in [7, 11) is 0. The van der Waals surface area contributed by atoms with Crippen molar-refractivity contribution in [3.05, 3.63) is 142 Å². The summed E-state index contributed by atoms with van der Waals surface area (Å²) >= 11 is 5.07. The van der Waals surface area contributed by atoms with Gasteiger partial charge in [-0.15, -0.1) is 0 Å². The Labute approximate surface area is 193 Å². The number of alkyl halides is 1. The second-order valence-electron chi connectivity index (χ2n) is 7.46. The van der Waals surface area contributed by atoms with Gasteiger partial charge in [-0.1, -0.05) is 125 Å². The molecule has 2 nitrogen and oxygen atoms in total. The number of nitrogens with zero attached hydrogens (tertiary/aromatic N) is 1. The molecule has 5 aromatic rings. The molecular formula is C27H20BrNOS. The van der Waals surface area contributed by atoms with Crippen molar-refractivity contribution < 1.29 is 0 Å². The molecule has 0 saturated heterocycles. The van der Waals surface area contributed by atoms with E-state index in [9.17, 15) is 4.79 Å². The summed E-state index contributed by atoms with van der Waals surface area (Å²) in [6.45, 7) is 0. The van der Waals surface area contributed by atoms with Crippen molar-refractivity contribution in [1.82, 2.24) is 3.96 Å². The fourth-order valence-electron chi connectivity index (χ4n) is 4.26. The van der Waals surface area contributed by atoms with Crippen LogP contribution >= 0.6 is 27.5 Å². The molecule has 4 heteroatoms. The lowest BCUT2D eigenvalue weighted by atomic mass is 9.77. The molecule has 0 unspecified atom stereocenters. The maximum absolute atomic E-state index is 13.9. The lowest BCUT2D eigenvalue weighted by Crippen LogP contribution is -2.41. The predicted octanol–water partition coefficient (Wildman–Crippen LogP) is 6.80. The van der Waals surface area contributed by atoms with Crippen LogP contribution in [-0.4, -0.2) is 3.96 Å². The van der Waals surface area contributed by atoms with Gasteiger partial charge in [-0.3, -0.25) is 4.79 Å². The van der Waals surface area contributed by atoms with Gasteiger partial charge < -0.3 is 0 Å². The Morgan fingerprint density at radius 3 is 1.65 bits per heavy atom. The zero-order valence-corrected chi connectivity index (χ0v) is 19.1. The van der Waals surface area contributed by atoms with Crippen LogP contribution in [0.25, 0.3) is 10.1 Å². The lowest BCUT2D eigenvalue weighted by molar-refractivity contribution is 0.545. The largest absolute Gasteiger partial charge is 0.270 e. The normalized spacial score (nSPS) is 11.6. The van der Waals surface area contributed by atoms with Crippen LogP contribution in [0.1, 0.15) is 22.3 Å². The molecule has 4 aromatic carbocycles. The van der Waals surface area contributed by atoms with E-state index in [1.54, 1.807) is 0 Å². The van der Waals surface area contributed by atoms with E-state index < -0.39 is 5.54 Å². The van der Waals surface area contributed by atoms with Gasteiger partial charge in [-0.05, 0) is 34.4 Å². The number of halogens is 1. The molecule has 31 heavy (non-hydrogen) atoms. The Balaban J connectivity index is 1.95. The van der Waals surface area contributed by atoms with Crippen molar-refractivity contribution >= 4 is 37.5 Å². The molecule has 0 bridgehead atoms. The highest BCUT2D eigenvalue weighted by Gasteiger charge is 2.40. The Morgan fingerprint density at radius 2 is 1.19 bits per heavy atom. The monoisotopic (exact) mass is 485 g/mol. The topological polar surface area (TPSA) is 22.0 Å². The molecule has 152 valence electrons. The summed E-state index contributed by atoms with van der Waals surface area (Å²) in [4.78, 5) is 13.9. The molecule has 0 aliphatic carbocycles. The molecule has 0 aliphatic rings. The van der Waals surface area contributed by atoms with E-state index in [1.165, 1.54) is 11.5 Å². The maximum Gasteiger partial charge on any atom is 0.270 e. The summed E-state index contributed by atoms with van der Waals surface area (Å²) in [5.74, 6) is 0. The summed E-state index contributed by atoms with van der Waals surface area (Å²) in [5, 5.41) is 1.51. The fourth-order valence-corrected chi connectivity index (χ4v) is 5.90. The lowest BCUT2D eigenvalue weighted by Gasteiger charge is -2.36. The number of aromatic nitrogens is 1. The minimum absolute atomic E-state index is 0.0256. The van der Waals surface area contributed by atoms with Crippen LogP contribution in [0.15, 0.2) is 114 Å². The number of hydrogen-bond donors (Lipinski definition) is 0. The average molecular weight is 486 g/mol. The Kier molecular flexibility index (Phi) is 5.34. The third kappa shape index (κ3) is 3.27. The Morgan fingerprint density at radius 1 is 0.710 bits per heavy atom. The van der Waals surface area contributed by atoms with Crippen molar-refractivity contribution in [2.75, 3.05) is 0 Å². The molecule has 0 spiro atoms. The number of fused-ring (bicyclic) bond motifs is 1. The van der Waals surface area contributed by atoms with Gasteiger partial charge in [0, 0.05) is 5.33 Å². The zero-order chi connectivity index (χ0) is 21.3. The van der Waals surface area contributed by atoms with Gasteiger partial charge in [0.1, 0.15) is 5.54 Å². The standard InChI is InChI=1S/C27H20BrNOS/c28-19-20-16-17-24-25(18-20)31-29(26(24)30)27(21-10-4-1-5-11-21,22-12-6-2-7-13-22)23-14-8-3-9-15-23/h1-18H,19H2. The van der Waals surface area contributed by atoms with E-state index in [4.69, 9.17) is 0 Å². The molecule has 1 heterocycles. The zero-order valence-electron chi connectivity index (χ0n) is 16.7. The fraction of sp³-hybridized carbons (Fsp3) is 0.0741. The van der Waals surface area contributed by atoms with E-state index >= 15 is 0 Å². The SMILES string of the molecule is O=c1c2ccc(CBr)cc2sn1C(c1ccccc1)(c1ccccc1)c1ccccc1. The minimum Gasteiger partial charge on any atom is -0.268 e. The molecular weight excluding hydrogens is 466 g/mol. The molecule has 0 atom stereocenters. The van der Waals surface area contributed by atoms with Crippen molar-refractivity contribution in [3.8, 4) is 0 Å². The first-order chi connectivity index (χ1) is 15.2. The van der Waals surface area contributed by atoms with Crippen LogP contribution in [0.3, 0.4) is 0 Å². The minimum atomic E-state index is -0.765.